The topological polar surface area (TPSA) is 79.6 Å². The maximum absolute atomic E-state index is 13.6. The zero-order chi connectivity index (χ0) is 24.2. The van der Waals surface area contributed by atoms with Crippen LogP contribution in [0, 0.1) is 0 Å². The van der Waals surface area contributed by atoms with E-state index in [2.05, 4.69) is 15.3 Å². The van der Waals surface area contributed by atoms with E-state index in [1.54, 1.807) is 30.5 Å². The fraction of sp³-hybridized carbons (Fsp3) is 0.185. The van der Waals surface area contributed by atoms with Crippen LogP contribution in [0.3, 0.4) is 0 Å². The second-order valence-corrected chi connectivity index (χ2v) is 8.71. The molecule has 8 heteroatoms. The molecule has 3 aromatic carbocycles. The number of hydrogen-bond donors (Lipinski definition) is 2. The number of nitrogens with zero attached hydrogens (tertiary/aromatic N) is 3. The summed E-state index contributed by atoms with van der Waals surface area (Å²) >= 11 is 6.02. The van der Waals surface area contributed by atoms with Gasteiger partial charge in [-0.2, -0.15) is 9.78 Å². The Morgan fingerprint density at radius 3 is 2.17 bits per heavy atom. The molecule has 1 aliphatic rings. The highest BCUT2D eigenvalue weighted by Crippen LogP contribution is 2.31. The number of rotatable bonds is 6. The monoisotopic (exact) mass is 488 g/mol. The van der Waals surface area contributed by atoms with Crippen molar-refractivity contribution in [1.29, 1.82) is 0 Å². The molecule has 0 amide bonds. The standard InChI is InChI=1S/C27H25ClN4O3/c28-22-7-9-23(10-8-22)32-27(34)26(25(17-30-32)31-15-13-29-14-16-31)35-24-11-5-21(6-12-24)20-3-1-19(18-33)2-4-20/h1-12,17,29,33H,13-16,18H2. The van der Waals surface area contributed by atoms with Gasteiger partial charge in [-0.1, -0.05) is 48.0 Å². The zero-order valence-electron chi connectivity index (χ0n) is 19.0. The van der Waals surface area contributed by atoms with Crippen LogP contribution in [0.25, 0.3) is 16.8 Å². The molecular weight excluding hydrogens is 464 g/mol. The van der Waals surface area contributed by atoms with E-state index >= 15 is 0 Å². The molecule has 5 rings (SSSR count). The number of piperazine rings is 1. The van der Waals surface area contributed by atoms with E-state index in [0.717, 1.165) is 42.9 Å². The van der Waals surface area contributed by atoms with Crippen molar-refractivity contribution in [3.8, 4) is 28.3 Å². The Labute approximate surface area is 208 Å². The van der Waals surface area contributed by atoms with E-state index in [0.29, 0.717) is 22.1 Å². The van der Waals surface area contributed by atoms with Crippen LogP contribution >= 0.6 is 11.6 Å². The van der Waals surface area contributed by atoms with Gasteiger partial charge in [-0.05, 0) is 53.1 Å². The SMILES string of the molecule is O=c1c(Oc2ccc(-c3ccc(CO)cc3)cc2)c(N2CCNCC2)cnn1-c1ccc(Cl)cc1. The quantitative estimate of drug-likeness (QED) is 0.422. The summed E-state index contributed by atoms with van der Waals surface area (Å²) in [6.45, 7) is 3.17. The Balaban J connectivity index is 1.49. The molecule has 7 nitrogen and oxygen atoms in total. The first-order valence-electron chi connectivity index (χ1n) is 11.4. The van der Waals surface area contributed by atoms with Crippen LogP contribution in [-0.4, -0.2) is 41.1 Å². The van der Waals surface area contributed by atoms with Crippen molar-refractivity contribution in [2.45, 2.75) is 6.61 Å². The first-order chi connectivity index (χ1) is 17.1. The molecule has 35 heavy (non-hydrogen) atoms. The molecule has 178 valence electrons. The van der Waals surface area contributed by atoms with Gasteiger partial charge in [0.1, 0.15) is 11.4 Å². The molecule has 1 aliphatic heterocycles. The molecular formula is C27H25ClN4O3. The zero-order valence-corrected chi connectivity index (χ0v) is 19.8. The normalized spacial score (nSPS) is 13.6. The van der Waals surface area contributed by atoms with Gasteiger partial charge >= 0.3 is 5.56 Å². The van der Waals surface area contributed by atoms with Crippen molar-refractivity contribution in [3.05, 3.63) is 99.9 Å². The third-order valence-corrected chi connectivity index (χ3v) is 6.24. The van der Waals surface area contributed by atoms with Crippen LogP contribution in [0.1, 0.15) is 5.56 Å². The fourth-order valence-corrected chi connectivity index (χ4v) is 4.18. The van der Waals surface area contributed by atoms with Gasteiger partial charge in [0.25, 0.3) is 0 Å². The van der Waals surface area contributed by atoms with E-state index in [-0.39, 0.29) is 17.9 Å². The Kier molecular flexibility index (Phi) is 6.81. The molecule has 1 saturated heterocycles. The number of aliphatic hydroxyl groups excluding tert-OH is 1. The lowest BCUT2D eigenvalue weighted by Gasteiger charge is -2.30. The van der Waals surface area contributed by atoms with E-state index in [1.165, 1.54) is 4.68 Å². The maximum Gasteiger partial charge on any atom is 0.316 e. The fourth-order valence-electron chi connectivity index (χ4n) is 4.06. The highest BCUT2D eigenvalue weighted by molar-refractivity contribution is 6.30. The Morgan fingerprint density at radius 2 is 1.54 bits per heavy atom. The molecule has 0 atom stereocenters. The third-order valence-electron chi connectivity index (χ3n) is 5.99. The largest absolute Gasteiger partial charge is 0.449 e. The van der Waals surface area contributed by atoms with Crippen LogP contribution in [0.15, 0.2) is 83.8 Å². The van der Waals surface area contributed by atoms with Gasteiger partial charge in [0, 0.05) is 31.2 Å². The highest BCUT2D eigenvalue weighted by Gasteiger charge is 2.21. The van der Waals surface area contributed by atoms with Crippen molar-refractivity contribution in [2.75, 3.05) is 31.1 Å². The molecule has 0 bridgehead atoms. The number of aromatic nitrogens is 2. The van der Waals surface area contributed by atoms with Crippen LogP contribution in [0.4, 0.5) is 5.69 Å². The van der Waals surface area contributed by atoms with E-state index in [1.807, 2.05) is 48.5 Å². The number of nitrogens with one attached hydrogen (secondary N) is 1. The van der Waals surface area contributed by atoms with Gasteiger partial charge in [-0.25, -0.2) is 0 Å². The van der Waals surface area contributed by atoms with Gasteiger partial charge in [0.15, 0.2) is 0 Å². The van der Waals surface area contributed by atoms with Gasteiger partial charge in [-0.3, -0.25) is 4.79 Å². The second-order valence-electron chi connectivity index (χ2n) is 8.27. The minimum Gasteiger partial charge on any atom is -0.449 e. The van der Waals surface area contributed by atoms with Crippen molar-refractivity contribution in [2.24, 2.45) is 0 Å². The lowest BCUT2D eigenvalue weighted by molar-refractivity contribution is 0.282. The first-order valence-corrected chi connectivity index (χ1v) is 11.8. The third kappa shape index (κ3) is 5.07. The van der Waals surface area contributed by atoms with E-state index < -0.39 is 0 Å². The Morgan fingerprint density at radius 1 is 0.914 bits per heavy atom. The Bertz CT molecular complexity index is 1350. The molecule has 1 aromatic heterocycles. The summed E-state index contributed by atoms with van der Waals surface area (Å²) in [7, 11) is 0. The lowest BCUT2D eigenvalue weighted by atomic mass is 10.0. The summed E-state index contributed by atoms with van der Waals surface area (Å²) in [6, 6.07) is 22.3. The highest BCUT2D eigenvalue weighted by atomic mass is 35.5. The molecule has 0 unspecified atom stereocenters. The second kappa shape index (κ2) is 10.3. The minimum absolute atomic E-state index is 0.0158. The van der Waals surface area contributed by atoms with Crippen LogP contribution in [0.5, 0.6) is 11.5 Å². The summed E-state index contributed by atoms with van der Waals surface area (Å²) in [5.74, 6) is 0.792. The van der Waals surface area contributed by atoms with Crippen molar-refractivity contribution >= 4 is 17.3 Å². The van der Waals surface area contributed by atoms with Gasteiger partial charge in [0.05, 0.1) is 18.5 Å². The lowest BCUT2D eigenvalue weighted by Crippen LogP contribution is -2.44. The molecule has 0 radical (unpaired) electrons. The summed E-state index contributed by atoms with van der Waals surface area (Å²) in [5.41, 5.74) is 3.85. The maximum atomic E-state index is 13.6. The van der Waals surface area contributed by atoms with Crippen molar-refractivity contribution < 1.29 is 9.84 Å². The predicted molar refractivity (Wildman–Crippen MR) is 138 cm³/mol. The molecule has 1 fully saturated rings. The van der Waals surface area contributed by atoms with E-state index in [4.69, 9.17) is 16.3 Å². The predicted octanol–water partition coefficient (Wildman–Crippen LogP) is 4.25. The van der Waals surface area contributed by atoms with Crippen molar-refractivity contribution in [3.63, 3.8) is 0 Å². The van der Waals surface area contributed by atoms with Gasteiger partial charge < -0.3 is 20.1 Å². The van der Waals surface area contributed by atoms with Crippen LogP contribution in [0.2, 0.25) is 5.02 Å². The Hall–Kier alpha value is -3.65. The molecule has 2 heterocycles. The van der Waals surface area contributed by atoms with Crippen LogP contribution < -0.4 is 20.5 Å². The summed E-state index contributed by atoms with van der Waals surface area (Å²) in [4.78, 5) is 15.7. The number of aliphatic hydroxyl groups is 1. The van der Waals surface area contributed by atoms with E-state index in [9.17, 15) is 9.90 Å². The number of anilines is 1. The number of halogens is 1. The summed E-state index contributed by atoms with van der Waals surface area (Å²) in [5, 5.41) is 17.6. The molecule has 2 N–H and O–H groups in total. The summed E-state index contributed by atoms with van der Waals surface area (Å²) in [6.07, 6.45) is 1.69. The van der Waals surface area contributed by atoms with Gasteiger partial charge in [-0.15, -0.1) is 0 Å². The average Bonchev–Trinajstić information content (AvgIpc) is 2.91. The number of ether oxygens (including phenoxy) is 1. The smallest absolute Gasteiger partial charge is 0.316 e. The number of hydrogen-bond acceptors (Lipinski definition) is 6. The minimum atomic E-state index is -0.341. The molecule has 0 saturated carbocycles. The molecule has 0 spiro atoms. The molecule has 4 aromatic rings. The van der Waals surface area contributed by atoms with Gasteiger partial charge in [0.2, 0.25) is 5.75 Å². The number of benzene rings is 3. The summed E-state index contributed by atoms with van der Waals surface area (Å²) < 4.78 is 7.54. The van der Waals surface area contributed by atoms with Crippen LogP contribution in [-0.2, 0) is 6.61 Å². The van der Waals surface area contributed by atoms with Crippen molar-refractivity contribution in [1.82, 2.24) is 15.1 Å². The molecule has 0 aliphatic carbocycles. The average molecular weight is 489 g/mol. The first kappa shape index (κ1) is 23.1.